The average Bonchev–Trinajstić information content (AvgIpc) is 2.75. The number of piperazine rings is 1. The van der Waals surface area contributed by atoms with Crippen LogP contribution in [0.15, 0.2) is 0 Å². The van der Waals surface area contributed by atoms with Crippen molar-refractivity contribution in [3.63, 3.8) is 0 Å². The maximum Gasteiger partial charge on any atom is 0.312 e. The number of hydrogen-bond donors (Lipinski definition) is 1. The minimum Gasteiger partial charge on any atom is -0.333 e. The van der Waals surface area contributed by atoms with E-state index in [1.807, 2.05) is 0 Å². The summed E-state index contributed by atoms with van der Waals surface area (Å²) in [6.07, 6.45) is 0.918. The molecule has 0 saturated carbocycles. The first-order valence-electron chi connectivity index (χ1n) is 8.09. The Bertz CT molecular complexity index is 357. The standard InChI is InChI=1S/C15H28N4O2/c1-13(2)12-17-8-10-19(11-9-17)15(21)14(20)18-6-3-4-16-5-7-18/h13,16H,3-12H2,1-2H3. The first-order valence-corrected chi connectivity index (χ1v) is 8.09. The third-order valence-electron chi connectivity index (χ3n) is 4.09. The summed E-state index contributed by atoms with van der Waals surface area (Å²) in [5.41, 5.74) is 0. The maximum atomic E-state index is 12.3. The molecule has 2 fully saturated rings. The van der Waals surface area contributed by atoms with Gasteiger partial charge in [-0.05, 0) is 18.9 Å². The summed E-state index contributed by atoms with van der Waals surface area (Å²) in [5.74, 6) is -0.00408. The third kappa shape index (κ3) is 4.68. The fourth-order valence-corrected chi connectivity index (χ4v) is 2.97. The first kappa shape index (κ1) is 16.2. The minimum atomic E-state index is -0.323. The summed E-state index contributed by atoms with van der Waals surface area (Å²) in [6, 6.07) is 0. The van der Waals surface area contributed by atoms with E-state index in [9.17, 15) is 9.59 Å². The van der Waals surface area contributed by atoms with Crippen LogP contribution in [0.5, 0.6) is 0 Å². The molecule has 21 heavy (non-hydrogen) atoms. The van der Waals surface area contributed by atoms with Gasteiger partial charge in [0.25, 0.3) is 0 Å². The summed E-state index contributed by atoms with van der Waals surface area (Å²) in [7, 11) is 0. The number of nitrogens with one attached hydrogen (secondary N) is 1. The number of amides is 2. The summed E-state index contributed by atoms with van der Waals surface area (Å²) >= 11 is 0. The summed E-state index contributed by atoms with van der Waals surface area (Å²) in [5, 5.41) is 3.25. The SMILES string of the molecule is CC(C)CN1CCN(C(=O)C(=O)N2CCCNCC2)CC1. The van der Waals surface area contributed by atoms with Crippen LogP contribution in [-0.4, -0.2) is 85.4 Å². The second kappa shape index (κ2) is 7.75. The molecule has 6 nitrogen and oxygen atoms in total. The number of rotatable bonds is 2. The van der Waals surface area contributed by atoms with E-state index in [2.05, 4.69) is 24.1 Å². The zero-order valence-corrected chi connectivity index (χ0v) is 13.3. The van der Waals surface area contributed by atoms with Gasteiger partial charge in [0.15, 0.2) is 0 Å². The van der Waals surface area contributed by atoms with Crippen LogP contribution in [0.3, 0.4) is 0 Å². The molecule has 2 rings (SSSR count). The van der Waals surface area contributed by atoms with Crippen LogP contribution in [0, 0.1) is 5.92 Å². The lowest BCUT2D eigenvalue weighted by Gasteiger charge is -2.35. The van der Waals surface area contributed by atoms with E-state index in [1.54, 1.807) is 9.80 Å². The molecule has 0 spiro atoms. The molecule has 2 amide bonds. The molecule has 2 aliphatic rings. The third-order valence-corrected chi connectivity index (χ3v) is 4.09. The smallest absolute Gasteiger partial charge is 0.312 e. The van der Waals surface area contributed by atoms with Gasteiger partial charge in [0.2, 0.25) is 0 Å². The van der Waals surface area contributed by atoms with Crippen LogP contribution in [-0.2, 0) is 9.59 Å². The normalized spacial score (nSPS) is 21.5. The molecule has 6 heteroatoms. The van der Waals surface area contributed by atoms with Crippen molar-refractivity contribution in [2.45, 2.75) is 20.3 Å². The van der Waals surface area contributed by atoms with Gasteiger partial charge in [-0.25, -0.2) is 0 Å². The van der Waals surface area contributed by atoms with Crippen LogP contribution in [0.25, 0.3) is 0 Å². The van der Waals surface area contributed by atoms with E-state index in [-0.39, 0.29) is 11.8 Å². The summed E-state index contributed by atoms with van der Waals surface area (Å²) in [6.45, 7) is 11.6. The van der Waals surface area contributed by atoms with E-state index in [0.717, 1.165) is 39.1 Å². The van der Waals surface area contributed by atoms with Gasteiger partial charge >= 0.3 is 11.8 Å². The van der Waals surface area contributed by atoms with Gasteiger partial charge in [0.1, 0.15) is 0 Å². The lowest BCUT2D eigenvalue weighted by atomic mass is 10.2. The second-order valence-corrected chi connectivity index (χ2v) is 6.38. The molecular weight excluding hydrogens is 268 g/mol. The van der Waals surface area contributed by atoms with E-state index in [4.69, 9.17) is 0 Å². The van der Waals surface area contributed by atoms with E-state index in [1.165, 1.54) is 0 Å². The Balaban J connectivity index is 1.82. The van der Waals surface area contributed by atoms with Crippen molar-refractivity contribution in [2.24, 2.45) is 5.92 Å². The molecule has 0 aliphatic carbocycles. The minimum absolute atomic E-state index is 0.318. The first-order chi connectivity index (χ1) is 10.1. The zero-order valence-electron chi connectivity index (χ0n) is 13.3. The van der Waals surface area contributed by atoms with Crippen LogP contribution in [0.1, 0.15) is 20.3 Å². The highest BCUT2D eigenvalue weighted by Gasteiger charge is 2.29. The second-order valence-electron chi connectivity index (χ2n) is 6.38. The zero-order chi connectivity index (χ0) is 15.2. The van der Waals surface area contributed by atoms with Crippen molar-refractivity contribution >= 4 is 11.8 Å². The predicted molar refractivity (Wildman–Crippen MR) is 81.9 cm³/mol. The van der Waals surface area contributed by atoms with Crippen molar-refractivity contribution in [2.75, 3.05) is 58.9 Å². The van der Waals surface area contributed by atoms with Gasteiger partial charge in [-0.2, -0.15) is 0 Å². The molecule has 2 saturated heterocycles. The molecule has 120 valence electrons. The Morgan fingerprint density at radius 1 is 0.905 bits per heavy atom. The van der Waals surface area contributed by atoms with Gasteiger partial charge in [-0.3, -0.25) is 14.5 Å². The average molecular weight is 296 g/mol. The van der Waals surface area contributed by atoms with E-state index in [0.29, 0.717) is 32.1 Å². The fourth-order valence-electron chi connectivity index (χ4n) is 2.97. The molecule has 2 heterocycles. The number of carbonyl (C=O) groups excluding carboxylic acids is 2. The number of nitrogens with zero attached hydrogens (tertiary/aromatic N) is 3. The van der Waals surface area contributed by atoms with Crippen molar-refractivity contribution in [1.82, 2.24) is 20.0 Å². The molecule has 0 bridgehead atoms. The Kier molecular flexibility index (Phi) is 5.99. The molecule has 1 N–H and O–H groups in total. The van der Waals surface area contributed by atoms with Gasteiger partial charge in [0.05, 0.1) is 0 Å². The van der Waals surface area contributed by atoms with Crippen LogP contribution < -0.4 is 5.32 Å². The van der Waals surface area contributed by atoms with Crippen LogP contribution in [0.4, 0.5) is 0 Å². The van der Waals surface area contributed by atoms with Gasteiger partial charge in [0, 0.05) is 52.4 Å². The van der Waals surface area contributed by atoms with Gasteiger partial charge < -0.3 is 15.1 Å². The molecule has 0 unspecified atom stereocenters. The highest BCUT2D eigenvalue weighted by Crippen LogP contribution is 2.07. The summed E-state index contributed by atoms with van der Waals surface area (Å²) < 4.78 is 0. The van der Waals surface area contributed by atoms with Gasteiger partial charge in [-0.1, -0.05) is 13.8 Å². The summed E-state index contributed by atoms with van der Waals surface area (Å²) in [4.78, 5) is 30.4. The highest BCUT2D eigenvalue weighted by atomic mass is 16.2. The van der Waals surface area contributed by atoms with Crippen molar-refractivity contribution < 1.29 is 9.59 Å². The predicted octanol–water partition coefficient (Wildman–Crippen LogP) is -0.391. The lowest BCUT2D eigenvalue weighted by Crippen LogP contribution is -2.54. The fraction of sp³-hybridized carbons (Fsp3) is 0.867. The monoisotopic (exact) mass is 296 g/mol. The van der Waals surface area contributed by atoms with E-state index < -0.39 is 0 Å². The lowest BCUT2D eigenvalue weighted by molar-refractivity contribution is -0.152. The topological polar surface area (TPSA) is 55.9 Å². The molecule has 0 aromatic carbocycles. The maximum absolute atomic E-state index is 12.3. The van der Waals surface area contributed by atoms with E-state index >= 15 is 0 Å². The molecule has 2 aliphatic heterocycles. The highest BCUT2D eigenvalue weighted by molar-refractivity contribution is 6.34. The van der Waals surface area contributed by atoms with Crippen LogP contribution >= 0.6 is 0 Å². The Morgan fingerprint density at radius 2 is 1.52 bits per heavy atom. The number of carbonyl (C=O) groups is 2. The van der Waals surface area contributed by atoms with Gasteiger partial charge in [-0.15, -0.1) is 0 Å². The molecule has 0 aromatic rings. The van der Waals surface area contributed by atoms with Crippen molar-refractivity contribution in [3.05, 3.63) is 0 Å². The Morgan fingerprint density at radius 3 is 2.14 bits per heavy atom. The molecule has 0 atom stereocenters. The molecular formula is C15H28N4O2. The number of hydrogen-bond acceptors (Lipinski definition) is 4. The Labute approximate surface area is 127 Å². The molecule has 0 radical (unpaired) electrons. The largest absolute Gasteiger partial charge is 0.333 e. The van der Waals surface area contributed by atoms with Crippen LogP contribution in [0.2, 0.25) is 0 Å². The Hall–Kier alpha value is -1.14. The quantitative estimate of drug-likeness (QED) is 0.705. The van der Waals surface area contributed by atoms with Crippen molar-refractivity contribution in [1.29, 1.82) is 0 Å². The molecule has 0 aromatic heterocycles. The van der Waals surface area contributed by atoms with Crippen molar-refractivity contribution in [3.8, 4) is 0 Å².